The van der Waals surface area contributed by atoms with Gasteiger partial charge in [0.05, 0.1) is 54.0 Å². The Hall–Kier alpha value is -4.54. The van der Waals surface area contributed by atoms with Crippen LogP contribution in [0.25, 0.3) is 22.5 Å². The van der Waals surface area contributed by atoms with E-state index in [1.54, 1.807) is 42.7 Å². The van der Waals surface area contributed by atoms with Gasteiger partial charge >= 0.3 is 0 Å². The lowest BCUT2D eigenvalue weighted by Crippen LogP contribution is -2.32. The Morgan fingerprint density at radius 1 is 0.600 bits per heavy atom. The molecule has 10 nitrogen and oxygen atoms in total. The highest BCUT2D eigenvalue weighted by Gasteiger charge is 2.22. The highest BCUT2D eigenvalue weighted by molar-refractivity contribution is 5.70. The minimum atomic E-state index is -0.262. The Labute approximate surface area is 264 Å². The number of ether oxygens (including phenoxy) is 6. The van der Waals surface area contributed by atoms with Crippen molar-refractivity contribution in [1.29, 1.82) is 0 Å². The zero-order valence-electron chi connectivity index (χ0n) is 26.8. The van der Waals surface area contributed by atoms with Gasteiger partial charge in [-0.3, -0.25) is 14.8 Å². The van der Waals surface area contributed by atoms with Gasteiger partial charge in [0.25, 0.3) is 0 Å². The molecule has 1 atom stereocenters. The molecule has 0 bridgehead atoms. The zero-order chi connectivity index (χ0) is 31.8. The van der Waals surface area contributed by atoms with Crippen LogP contribution in [0.3, 0.4) is 0 Å². The molecule has 1 fully saturated rings. The summed E-state index contributed by atoms with van der Waals surface area (Å²) >= 11 is 0. The van der Waals surface area contributed by atoms with Gasteiger partial charge in [-0.1, -0.05) is 6.42 Å². The highest BCUT2D eigenvalue weighted by atomic mass is 16.7. The summed E-state index contributed by atoms with van der Waals surface area (Å²) in [6.07, 6.45) is 7.43. The average Bonchev–Trinajstić information content (AvgIpc) is 3.10. The topological polar surface area (TPSA) is 93.6 Å². The Balaban J connectivity index is 1.50. The van der Waals surface area contributed by atoms with Crippen LogP contribution in [-0.2, 0) is 11.3 Å². The largest absolute Gasteiger partial charge is 0.493 e. The van der Waals surface area contributed by atoms with Gasteiger partial charge in [-0.05, 0) is 72.5 Å². The van der Waals surface area contributed by atoms with Crippen LogP contribution in [0.4, 0.5) is 0 Å². The highest BCUT2D eigenvalue weighted by Crippen LogP contribution is 2.42. The van der Waals surface area contributed by atoms with Crippen molar-refractivity contribution in [3.8, 4) is 57.0 Å². The number of hydroxylamine groups is 2. The molecule has 0 aliphatic carbocycles. The molecule has 2 aromatic heterocycles. The number of hydrogen-bond acceptors (Lipinski definition) is 10. The summed E-state index contributed by atoms with van der Waals surface area (Å²) < 4.78 is 33.4. The number of piperidine rings is 1. The second-order valence-electron chi connectivity index (χ2n) is 10.6. The predicted molar refractivity (Wildman–Crippen MR) is 172 cm³/mol. The first-order valence-electron chi connectivity index (χ1n) is 14.9. The molecule has 0 amide bonds. The van der Waals surface area contributed by atoms with E-state index < -0.39 is 0 Å². The van der Waals surface area contributed by atoms with E-state index in [1.165, 1.54) is 6.42 Å². The number of rotatable bonds is 13. The summed E-state index contributed by atoms with van der Waals surface area (Å²) in [5, 5.41) is 2.09. The minimum absolute atomic E-state index is 0.262. The molecule has 3 heterocycles. The maximum Gasteiger partial charge on any atom is 0.203 e. The lowest BCUT2D eigenvalue weighted by Gasteiger charge is -2.30. The number of methoxy groups -OCH3 is 6. The van der Waals surface area contributed by atoms with E-state index in [4.69, 9.17) is 33.3 Å². The maximum atomic E-state index is 6.71. The monoisotopic (exact) mass is 615 g/mol. The van der Waals surface area contributed by atoms with Crippen LogP contribution >= 0.6 is 0 Å². The van der Waals surface area contributed by atoms with Crippen molar-refractivity contribution in [3.63, 3.8) is 0 Å². The molecule has 5 rings (SSSR count). The van der Waals surface area contributed by atoms with Crippen LogP contribution in [0.15, 0.2) is 60.9 Å². The molecular weight excluding hydrogens is 574 g/mol. The molecule has 1 aliphatic heterocycles. The number of nitrogens with zero attached hydrogens (tertiary/aromatic N) is 3. The first-order valence-corrected chi connectivity index (χ1v) is 14.9. The summed E-state index contributed by atoms with van der Waals surface area (Å²) in [6.45, 7) is 1.79. The van der Waals surface area contributed by atoms with Crippen molar-refractivity contribution in [3.05, 3.63) is 72.1 Å². The van der Waals surface area contributed by atoms with E-state index in [2.05, 4.69) is 27.2 Å². The summed E-state index contributed by atoms with van der Waals surface area (Å²) in [5.41, 5.74) is 5.33. The molecule has 238 valence electrons. The summed E-state index contributed by atoms with van der Waals surface area (Å²) in [4.78, 5) is 16.1. The van der Waals surface area contributed by atoms with Crippen molar-refractivity contribution in [2.75, 3.05) is 55.7 Å². The second kappa shape index (κ2) is 15.0. The molecule has 0 spiro atoms. The van der Waals surface area contributed by atoms with Crippen molar-refractivity contribution >= 4 is 0 Å². The predicted octanol–water partition coefficient (Wildman–Crippen LogP) is 6.56. The van der Waals surface area contributed by atoms with E-state index in [0.29, 0.717) is 40.9 Å². The van der Waals surface area contributed by atoms with E-state index in [0.717, 1.165) is 59.6 Å². The van der Waals surface area contributed by atoms with Gasteiger partial charge in [-0.2, -0.15) is 5.06 Å². The normalized spacial score (nSPS) is 14.0. The lowest BCUT2D eigenvalue weighted by molar-refractivity contribution is -0.208. The average molecular weight is 616 g/mol. The van der Waals surface area contributed by atoms with E-state index >= 15 is 0 Å². The third-order valence-electron chi connectivity index (χ3n) is 7.91. The van der Waals surface area contributed by atoms with E-state index in [1.807, 2.05) is 48.8 Å². The number of aromatic nitrogens is 2. The molecule has 0 saturated carbocycles. The maximum absolute atomic E-state index is 6.71. The Morgan fingerprint density at radius 3 is 1.58 bits per heavy atom. The smallest absolute Gasteiger partial charge is 0.203 e. The number of hydrogen-bond donors (Lipinski definition) is 0. The van der Waals surface area contributed by atoms with E-state index in [9.17, 15) is 0 Å². The van der Waals surface area contributed by atoms with Crippen molar-refractivity contribution < 1.29 is 33.3 Å². The van der Waals surface area contributed by atoms with Crippen LogP contribution in [0, 0.1) is 0 Å². The molecule has 1 saturated heterocycles. The Morgan fingerprint density at radius 2 is 1.09 bits per heavy atom. The second-order valence-corrected chi connectivity index (χ2v) is 10.6. The molecule has 10 heteroatoms. The van der Waals surface area contributed by atoms with Crippen molar-refractivity contribution in [2.45, 2.75) is 31.8 Å². The lowest BCUT2D eigenvalue weighted by atomic mass is 9.99. The third-order valence-corrected chi connectivity index (χ3v) is 7.91. The quantitative estimate of drug-likeness (QED) is 0.165. The van der Waals surface area contributed by atoms with Gasteiger partial charge in [-0.15, -0.1) is 0 Å². The molecule has 0 radical (unpaired) electrons. The first-order chi connectivity index (χ1) is 22.0. The molecule has 2 aromatic carbocycles. The van der Waals surface area contributed by atoms with Gasteiger partial charge in [0, 0.05) is 43.0 Å². The molecule has 0 N–H and O–H groups in total. The Kier molecular flexibility index (Phi) is 10.6. The van der Waals surface area contributed by atoms with Gasteiger partial charge in [-0.25, -0.2) is 0 Å². The SMILES string of the molecule is COc1cc(-c2cc(CC(ON3CCCCC3)c3ccnc(-c4cc(OC)c(OC)c(OC)c4)c3)ccn2)cc(OC)c1OC. The van der Waals surface area contributed by atoms with Crippen LogP contribution in [-0.4, -0.2) is 70.8 Å². The molecule has 45 heavy (non-hydrogen) atoms. The fraction of sp³-hybridized carbons (Fsp3) is 0.371. The standard InChI is InChI=1S/C35H41N3O7/c1-39-30-19-25(20-31(40-2)34(30)43-5)27-16-23(10-12-36-27)17-29(45-38-14-8-7-9-15-38)24-11-13-37-28(18-24)26-21-32(41-3)35(44-6)33(22-26)42-4/h10-13,16,18-22,29H,7-9,14-15,17H2,1-6H3. The van der Waals surface area contributed by atoms with Gasteiger partial charge in [0.15, 0.2) is 23.0 Å². The summed E-state index contributed by atoms with van der Waals surface area (Å²) in [7, 11) is 9.60. The van der Waals surface area contributed by atoms with Gasteiger partial charge in [0.1, 0.15) is 6.10 Å². The molecule has 1 unspecified atom stereocenters. The molecule has 4 aromatic rings. The number of benzene rings is 2. The van der Waals surface area contributed by atoms with Crippen LogP contribution < -0.4 is 28.4 Å². The van der Waals surface area contributed by atoms with Crippen molar-refractivity contribution in [1.82, 2.24) is 15.0 Å². The fourth-order valence-corrected chi connectivity index (χ4v) is 5.60. The molecular formula is C35H41N3O7. The summed E-state index contributed by atoms with van der Waals surface area (Å²) in [6, 6.07) is 15.8. The van der Waals surface area contributed by atoms with Crippen LogP contribution in [0.2, 0.25) is 0 Å². The number of pyridine rings is 2. The van der Waals surface area contributed by atoms with E-state index in [-0.39, 0.29) is 6.10 Å². The molecule has 1 aliphatic rings. The van der Waals surface area contributed by atoms with Crippen molar-refractivity contribution in [2.24, 2.45) is 0 Å². The first kappa shape index (κ1) is 31.9. The van der Waals surface area contributed by atoms with Crippen LogP contribution in [0.1, 0.15) is 36.5 Å². The van der Waals surface area contributed by atoms with Gasteiger partial charge < -0.3 is 28.4 Å². The van der Waals surface area contributed by atoms with Crippen LogP contribution in [0.5, 0.6) is 34.5 Å². The summed E-state index contributed by atoms with van der Waals surface area (Å²) in [5.74, 6) is 3.35. The Bertz CT molecular complexity index is 1540. The fourth-order valence-electron chi connectivity index (χ4n) is 5.60. The minimum Gasteiger partial charge on any atom is -0.493 e. The van der Waals surface area contributed by atoms with Gasteiger partial charge in [0.2, 0.25) is 11.5 Å². The third kappa shape index (κ3) is 7.24. The zero-order valence-corrected chi connectivity index (χ0v) is 26.8.